The molecule has 3 aromatic rings. The summed E-state index contributed by atoms with van der Waals surface area (Å²) in [5, 5.41) is 4.19. The first-order valence-corrected chi connectivity index (χ1v) is 7.73. The van der Waals surface area contributed by atoms with Crippen molar-refractivity contribution in [1.29, 1.82) is 0 Å². The topological polar surface area (TPSA) is 54.5 Å². The van der Waals surface area contributed by atoms with Crippen molar-refractivity contribution in [2.45, 2.75) is 26.7 Å². The molecule has 3 rings (SSSR count). The summed E-state index contributed by atoms with van der Waals surface area (Å²) < 4.78 is 5.11. The standard InChI is InChI=1S/C13H13BrN4S/c1-3-4-9-12(19-18-17-9)13-15-10-6-8(14)5-7(2)11(10)16-13/h5-6H,3-4H2,1-2H3,(H,15,16). The van der Waals surface area contributed by atoms with Crippen LogP contribution in [0.5, 0.6) is 0 Å². The highest BCUT2D eigenvalue weighted by molar-refractivity contribution is 9.10. The fourth-order valence-corrected chi connectivity index (χ4v) is 3.37. The number of nitrogens with one attached hydrogen (secondary N) is 1. The van der Waals surface area contributed by atoms with Crippen molar-refractivity contribution in [3.63, 3.8) is 0 Å². The first-order chi connectivity index (χ1) is 9.19. The number of hydrogen-bond donors (Lipinski definition) is 1. The van der Waals surface area contributed by atoms with Gasteiger partial charge in [-0.3, -0.25) is 0 Å². The SMILES string of the molecule is CCCc1nnsc1-c1nc2c(C)cc(Br)cc2[nH]1. The van der Waals surface area contributed by atoms with Gasteiger partial charge < -0.3 is 4.98 Å². The van der Waals surface area contributed by atoms with E-state index in [0.29, 0.717) is 0 Å². The van der Waals surface area contributed by atoms with Gasteiger partial charge in [0, 0.05) is 4.47 Å². The molecule has 0 bridgehead atoms. The Morgan fingerprint density at radius 3 is 3.00 bits per heavy atom. The second-order valence-electron chi connectivity index (χ2n) is 4.50. The maximum absolute atomic E-state index is 4.69. The molecule has 1 N–H and O–H groups in total. The molecule has 6 heteroatoms. The lowest BCUT2D eigenvalue weighted by Crippen LogP contribution is -1.88. The molecule has 1 aromatic carbocycles. The summed E-state index contributed by atoms with van der Waals surface area (Å²) in [6.07, 6.45) is 1.99. The summed E-state index contributed by atoms with van der Waals surface area (Å²) in [5.41, 5.74) is 4.23. The molecule has 0 saturated carbocycles. The highest BCUT2D eigenvalue weighted by Crippen LogP contribution is 2.29. The van der Waals surface area contributed by atoms with E-state index in [-0.39, 0.29) is 0 Å². The number of H-pyrrole nitrogens is 1. The summed E-state index contributed by atoms with van der Waals surface area (Å²) in [5.74, 6) is 0.870. The third-order valence-corrected chi connectivity index (χ3v) is 4.23. The van der Waals surface area contributed by atoms with Gasteiger partial charge in [-0.15, -0.1) is 5.10 Å². The van der Waals surface area contributed by atoms with Crippen LogP contribution in [0.1, 0.15) is 24.6 Å². The van der Waals surface area contributed by atoms with Gasteiger partial charge in [0.1, 0.15) is 4.88 Å². The largest absolute Gasteiger partial charge is 0.337 e. The number of rotatable bonds is 3. The number of benzene rings is 1. The average molecular weight is 337 g/mol. The number of aryl methyl sites for hydroxylation is 2. The fourth-order valence-electron chi connectivity index (χ4n) is 2.14. The van der Waals surface area contributed by atoms with Crippen LogP contribution in [0, 0.1) is 6.92 Å². The second-order valence-corrected chi connectivity index (χ2v) is 6.17. The number of nitrogens with zero attached hydrogens (tertiary/aromatic N) is 3. The third-order valence-electron chi connectivity index (χ3n) is 3.00. The zero-order chi connectivity index (χ0) is 13.4. The molecule has 0 saturated heterocycles. The number of hydrogen-bond acceptors (Lipinski definition) is 4. The van der Waals surface area contributed by atoms with Crippen LogP contribution in [-0.4, -0.2) is 19.6 Å². The lowest BCUT2D eigenvalue weighted by Gasteiger charge is -1.94. The normalized spacial score (nSPS) is 11.3. The molecule has 98 valence electrons. The Labute approximate surface area is 123 Å². The minimum Gasteiger partial charge on any atom is -0.337 e. The smallest absolute Gasteiger partial charge is 0.152 e. The van der Waals surface area contributed by atoms with E-state index in [1.54, 1.807) is 0 Å². The van der Waals surface area contributed by atoms with Crippen molar-refractivity contribution in [2.75, 3.05) is 0 Å². The maximum atomic E-state index is 4.69. The molecule has 0 aliphatic rings. The number of imidazole rings is 1. The predicted octanol–water partition coefficient (Wildman–Crippen LogP) is 4.10. The average Bonchev–Trinajstić information content (AvgIpc) is 2.95. The first-order valence-electron chi connectivity index (χ1n) is 6.16. The van der Waals surface area contributed by atoms with Gasteiger partial charge in [0.05, 0.1) is 16.7 Å². The molecular formula is C13H13BrN4S. The Bertz CT molecular complexity index is 731. The van der Waals surface area contributed by atoms with Gasteiger partial charge >= 0.3 is 0 Å². The van der Waals surface area contributed by atoms with Crippen LogP contribution in [0.2, 0.25) is 0 Å². The van der Waals surface area contributed by atoms with E-state index in [0.717, 1.165) is 50.3 Å². The Hall–Kier alpha value is -1.27. The van der Waals surface area contributed by atoms with Gasteiger partial charge in [0.15, 0.2) is 5.82 Å². The molecule has 0 atom stereocenters. The molecule has 0 unspecified atom stereocenters. The monoisotopic (exact) mass is 336 g/mol. The van der Waals surface area contributed by atoms with Crippen molar-refractivity contribution in [3.05, 3.63) is 27.9 Å². The van der Waals surface area contributed by atoms with Crippen LogP contribution in [0.4, 0.5) is 0 Å². The molecule has 2 heterocycles. The van der Waals surface area contributed by atoms with E-state index in [9.17, 15) is 0 Å². The van der Waals surface area contributed by atoms with Crippen LogP contribution in [0.15, 0.2) is 16.6 Å². The van der Waals surface area contributed by atoms with Crippen LogP contribution >= 0.6 is 27.5 Å². The Morgan fingerprint density at radius 1 is 1.37 bits per heavy atom. The number of fused-ring (bicyclic) bond motifs is 1. The van der Waals surface area contributed by atoms with Crippen molar-refractivity contribution in [1.82, 2.24) is 19.6 Å². The minimum absolute atomic E-state index is 0.870. The molecule has 0 aliphatic heterocycles. The summed E-state index contributed by atoms with van der Waals surface area (Å²) >= 11 is 4.91. The maximum Gasteiger partial charge on any atom is 0.152 e. The van der Waals surface area contributed by atoms with E-state index in [1.165, 1.54) is 11.5 Å². The van der Waals surface area contributed by atoms with Crippen molar-refractivity contribution >= 4 is 38.5 Å². The van der Waals surface area contributed by atoms with Crippen LogP contribution in [0.3, 0.4) is 0 Å². The molecule has 0 spiro atoms. The first kappa shape index (κ1) is 12.7. The van der Waals surface area contributed by atoms with Gasteiger partial charge in [-0.25, -0.2) is 4.98 Å². The Kier molecular flexibility index (Phi) is 3.36. The number of aromatic nitrogens is 4. The molecule has 19 heavy (non-hydrogen) atoms. The highest BCUT2D eigenvalue weighted by Gasteiger charge is 2.14. The molecule has 0 radical (unpaired) electrons. The molecule has 0 amide bonds. The molecule has 0 aliphatic carbocycles. The van der Waals surface area contributed by atoms with E-state index in [1.807, 2.05) is 6.07 Å². The van der Waals surface area contributed by atoms with Crippen LogP contribution in [0.25, 0.3) is 21.7 Å². The molecule has 0 fully saturated rings. The lowest BCUT2D eigenvalue weighted by atomic mass is 10.2. The van der Waals surface area contributed by atoms with Gasteiger partial charge in [0.2, 0.25) is 0 Å². The van der Waals surface area contributed by atoms with Gasteiger partial charge in [-0.1, -0.05) is 33.8 Å². The molecular weight excluding hydrogens is 324 g/mol. The van der Waals surface area contributed by atoms with Gasteiger partial charge in [0.25, 0.3) is 0 Å². The summed E-state index contributed by atoms with van der Waals surface area (Å²) in [6, 6.07) is 4.12. The van der Waals surface area contributed by atoms with E-state index in [4.69, 9.17) is 4.98 Å². The van der Waals surface area contributed by atoms with Crippen LogP contribution < -0.4 is 0 Å². The van der Waals surface area contributed by atoms with E-state index < -0.39 is 0 Å². The third kappa shape index (κ3) is 2.30. The molecule has 2 aromatic heterocycles. The highest BCUT2D eigenvalue weighted by atomic mass is 79.9. The number of aromatic amines is 1. The quantitative estimate of drug-likeness (QED) is 0.783. The van der Waals surface area contributed by atoms with Crippen molar-refractivity contribution < 1.29 is 0 Å². The van der Waals surface area contributed by atoms with Gasteiger partial charge in [-0.2, -0.15) is 0 Å². The van der Waals surface area contributed by atoms with Gasteiger partial charge in [-0.05, 0) is 42.6 Å². The zero-order valence-corrected chi connectivity index (χ0v) is 13.1. The van der Waals surface area contributed by atoms with Crippen LogP contribution in [-0.2, 0) is 6.42 Å². The predicted molar refractivity (Wildman–Crippen MR) is 81.4 cm³/mol. The summed E-state index contributed by atoms with van der Waals surface area (Å²) in [6.45, 7) is 4.21. The zero-order valence-electron chi connectivity index (χ0n) is 10.7. The van der Waals surface area contributed by atoms with Crippen molar-refractivity contribution in [3.8, 4) is 10.7 Å². The Balaban J connectivity index is 2.15. The minimum atomic E-state index is 0.870. The second kappa shape index (κ2) is 5.02. The number of halogens is 1. The fraction of sp³-hybridized carbons (Fsp3) is 0.308. The van der Waals surface area contributed by atoms with E-state index in [2.05, 4.69) is 50.4 Å². The lowest BCUT2D eigenvalue weighted by molar-refractivity contribution is 0.870. The summed E-state index contributed by atoms with van der Waals surface area (Å²) in [4.78, 5) is 9.11. The summed E-state index contributed by atoms with van der Waals surface area (Å²) in [7, 11) is 0. The molecule has 4 nitrogen and oxygen atoms in total. The van der Waals surface area contributed by atoms with E-state index >= 15 is 0 Å². The Morgan fingerprint density at radius 2 is 2.21 bits per heavy atom. The van der Waals surface area contributed by atoms with Crippen molar-refractivity contribution in [2.24, 2.45) is 0 Å².